The van der Waals surface area contributed by atoms with E-state index in [1.807, 2.05) is 0 Å². The van der Waals surface area contributed by atoms with Gasteiger partial charge in [0.2, 0.25) is 0 Å². The third-order valence-corrected chi connectivity index (χ3v) is 2.95. The molecule has 0 saturated carbocycles. The van der Waals surface area contributed by atoms with Gasteiger partial charge in [-0.25, -0.2) is 8.78 Å². The number of aliphatic hydroxyl groups is 1. The van der Waals surface area contributed by atoms with E-state index in [9.17, 15) is 30.7 Å². The third-order valence-electron chi connectivity index (χ3n) is 1.70. The molecule has 0 aliphatic heterocycles. The molecule has 15 heavy (non-hydrogen) atoms. The van der Waals surface area contributed by atoms with E-state index in [2.05, 4.69) is 0 Å². The summed E-state index contributed by atoms with van der Waals surface area (Å²) in [6.07, 6.45) is -13.9. The smallest absolute Gasteiger partial charge is 0.333 e. The van der Waals surface area contributed by atoms with Gasteiger partial charge in [0.1, 0.15) is 0 Å². The first-order valence-corrected chi connectivity index (χ1v) is 4.58. The zero-order valence-corrected chi connectivity index (χ0v) is 9.28. The first kappa shape index (κ1) is 15.2. The minimum absolute atomic E-state index is 0.122. The molecule has 0 rings (SSSR count). The standard InChI is InChI=1S/C6H6F7IO/c1-2(5(9,10)11)3(7)4(8,14)6(12,13)15/h2-3,15H,1H3. The van der Waals surface area contributed by atoms with Crippen LogP contribution in [0.4, 0.5) is 30.7 Å². The maximum atomic E-state index is 12.9. The fraction of sp³-hybridized carbons (Fsp3) is 1.00. The highest BCUT2D eigenvalue weighted by molar-refractivity contribution is 14.1. The molecule has 0 aliphatic carbocycles. The lowest BCUT2D eigenvalue weighted by atomic mass is 10.0. The van der Waals surface area contributed by atoms with Crippen molar-refractivity contribution < 1.29 is 35.8 Å². The first-order valence-electron chi connectivity index (χ1n) is 3.50. The van der Waals surface area contributed by atoms with Crippen LogP contribution in [0.1, 0.15) is 6.92 Å². The van der Waals surface area contributed by atoms with Crippen molar-refractivity contribution >= 4 is 22.6 Å². The highest BCUT2D eigenvalue weighted by Crippen LogP contribution is 2.46. The van der Waals surface area contributed by atoms with Gasteiger partial charge in [0.15, 0.2) is 6.17 Å². The van der Waals surface area contributed by atoms with E-state index < -0.39 is 28.0 Å². The minimum atomic E-state index is -5.19. The summed E-state index contributed by atoms with van der Waals surface area (Å²) >= 11 is 0.122. The molecule has 3 unspecified atom stereocenters. The van der Waals surface area contributed by atoms with E-state index in [1.54, 1.807) is 0 Å². The quantitative estimate of drug-likeness (QED) is 0.469. The Hall–Kier alpha value is 0.200. The van der Waals surface area contributed by atoms with Gasteiger partial charge < -0.3 is 5.11 Å². The fourth-order valence-electron chi connectivity index (χ4n) is 0.646. The van der Waals surface area contributed by atoms with Crippen molar-refractivity contribution in [2.75, 3.05) is 0 Å². The molecule has 1 N–H and O–H groups in total. The topological polar surface area (TPSA) is 20.2 Å². The Balaban J connectivity index is 4.94. The molecule has 0 aromatic rings. The van der Waals surface area contributed by atoms with Crippen LogP contribution < -0.4 is 0 Å². The lowest BCUT2D eigenvalue weighted by Gasteiger charge is -2.31. The van der Waals surface area contributed by atoms with E-state index in [-0.39, 0.29) is 29.5 Å². The van der Waals surface area contributed by atoms with Crippen molar-refractivity contribution in [3.05, 3.63) is 0 Å². The summed E-state index contributed by atoms with van der Waals surface area (Å²) in [5, 5.41) is 7.91. The summed E-state index contributed by atoms with van der Waals surface area (Å²) in [5.41, 5.74) is 0. The second-order valence-corrected chi connectivity index (χ2v) is 4.47. The van der Waals surface area contributed by atoms with Crippen molar-refractivity contribution in [3.8, 4) is 0 Å². The lowest BCUT2D eigenvalue weighted by molar-refractivity contribution is -0.276. The molecule has 0 fully saturated rings. The van der Waals surface area contributed by atoms with Gasteiger partial charge in [-0.3, -0.25) is 0 Å². The summed E-state index contributed by atoms with van der Waals surface area (Å²) in [4.78, 5) is 0. The molecule has 0 amide bonds. The van der Waals surface area contributed by atoms with Gasteiger partial charge in [-0.05, 0) is 22.6 Å². The molecule has 9 heteroatoms. The van der Waals surface area contributed by atoms with E-state index >= 15 is 0 Å². The third kappa shape index (κ3) is 3.33. The van der Waals surface area contributed by atoms with Crippen LogP contribution in [0.5, 0.6) is 0 Å². The van der Waals surface area contributed by atoms with Crippen LogP contribution in [0, 0.1) is 5.92 Å². The van der Waals surface area contributed by atoms with Gasteiger partial charge in [-0.15, -0.1) is 0 Å². The highest BCUT2D eigenvalue weighted by atomic mass is 127. The second kappa shape index (κ2) is 4.22. The molecule has 0 aliphatic rings. The second-order valence-electron chi connectivity index (χ2n) is 2.90. The first-order chi connectivity index (χ1) is 6.32. The Morgan fingerprint density at radius 1 is 1.07 bits per heavy atom. The van der Waals surface area contributed by atoms with Gasteiger partial charge >= 0.3 is 12.3 Å². The molecule has 3 atom stereocenters. The molecule has 0 spiro atoms. The van der Waals surface area contributed by atoms with Crippen molar-refractivity contribution in [1.82, 2.24) is 0 Å². The summed E-state index contributed by atoms with van der Waals surface area (Å²) in [6, 6.07) is 0. The maximum absolute atomic E-state index is 12.9. The molecule has 0 aromatic carbocycles. The largest absolute Gasteiger partial charge is 0.399 e. The van der Waals surface area contributed by atoms with E-state index in [0.717, 1.165) is 0 Å². The van der Waals surface area contributed by atoms with E-state index in [1.165, 1.54) is 0 Å². The van der Waals surface area contributed by atoms with Crippen LogP contribution in [0.15, 0.2) is 0 Å². The van der Waals surface area contributed by atoms with E-state index in [0.29, 0.717) is 0 Å². The summed E-state index contributed by atoms with van der Waals surface area (Å²) < 4.78 is 81.2. The number of alkyl halides is 8. The van der Waals surface area contributed by atoms with Crippen molar-refractivity contribution in [3.63, 3.8) is 0 Å². The fourth-order valence-corrected chi connectivity index (χ4v) is 1.19. The molecule has 0 saturated heterocycles. The Bertz CT molecular complexity index is 221. The van der Waals surface area contributed by atoms with Crippen molar-refractivity contribution in [2.24, 2.45) is 5.92 Å². The molecule has 0 heterocycles. The van der Waals surface area contributed by atoms with Crippen LogP contribution in [0.25, 0.3) is 0 Å². The Kier molecular flexibility index (Phi) is 4.28. The van der Waals surface area contributed by atoms with Gasteiger partial charge in [-0.1, -0.05) is 6.92 Å². The SMILES string of the molecule is CC(C(F)C(F)(I)C(O)(F)F)C(F)(F)F. The zero-order chi connectivity index (χ0) is 12.7. The van der Waals surface area contributed by atoms with Gasteiger partial charge in [-0.2, -0.15) is 22.0 Å². The maximum Gasteiger partial charge on any atom is 0.399 e. The molecule has 0 radical (unpaired) electrons. The Morgan fingerprint density at radius 3 is 1.60 bits per heavy atom. The number of rotatable bonds is 3. The van der Waals surface area contributed by atoms with Crippen LogP contribution in [0.2, 0.25) is 0 Å². The highest BCUT2D eigenvalue weighted by Gasteiger charge is 2.63. The Labute approximate surface area is 93.8 Å². The minimum Gasteiger partial charge on any atom is -0.333 e. The molecule has 92 valence electrons. The van der Waals surface area contributed by atoms with Crippen molar-refractivity contribution in [1.29, 1.82) is 0 Å². The van der Waals surface area contributed by atoms with Gasteiger partial charge in [0.25, 0.3) is 3.68 Å². The Morgan fingerprint density at radius 2 is 1.40 bits per heavy atom. The monoisotopic (exact) mass is 354 g/mol. The molecular formula is C6H6F7IO. The normalized spacial score (nSPS) is 22.0. The average molecular weight is 354 g/mol. The molecule has 0 aromatic heterocycles. The number of hydrogen-bond donors (Lipinski definition) is 1. The lowest BCUT2D eigenvalue weighted by Crippen LogP contribution is -2.51. The zero-order valence-electron chi connectivity index (χ0n) is 7.13. The van der Waals surface area contributed by atoms with Crippen LogP contribution >= 0.6 is 22.6 Å². The van der Waals surface area contributed by atoms with Crippen LogP contribution in [0.3, 0.4) is 0 Å². The predicted molar refractivity (Wildman–Crippen MR) is 45.1 cm³/mol. The summed E-state index contributed by atoms with van der Waals surface area (Å²) in [5.74, 6) is -2.95. The van der Waals surface area contributed by atoms with Crippen molar-refractivity contribution in [2.45, 2.75) is 29.1 Å². The number of halogens is 8. The molecule has 0 bridgehead atoms. The van der Waals surface area contributed by atoms with E-state index in [4.69, 9.17) is 5.11 Å². The summed E-state index contributed by atoms with van der Waals surface area (Å²) in [7, 11) is 0. The van der Waals surface area contributed by atoms with Gasteiger partial charge in [0.05, 0.1) is 5.92 Å². The predicted octanol–water partition coefficient (Wildman–Crippen LogP) is 3.21. The summed E-state index contributed by atoms with van der Waals surface area (Å²) in [6.45, 7) is 0.212. The van der Waals surface area contributed by atoms with Crippen LogP contribution in [-0.2, 0) is 0 Å². The molecular weight excluding hydrogens is 348 g/mol. The number of hydrogen-bond acceptors (Lipinski definition) is 1. The van der Waals surface area contributed by atoms with Crippen LogP contribution in [-0.4, -0.2) is 27.2 Å². The molecule has 1 nitrogen and oxygen atoms in total. The van der Waals surface area contributed by atoms with Gasteiger partial charge in [0, 0.05) is 0 Å². The average Bonchev–Trinajstić information content (AvgIpc) is 1.97.